The molecule has 1 aliphatic carbocycles. The molecule has 5 heteroatoms. The average molecular weight is 437 g/mol. The molecule has 0 spiro atoms. The number of halogens is 2. The van der Waals surface area contributed by atoms with E-state index >= 15 is 0 Å². The van der Waals surface area contributed by atoms with Crippen molar-refractivity contribution in [2.24, 2.45) is 0 Å². The minimum Gasteiger partial charge on any atom is -0.492 e. The first-order valence-electron chi connectivity index (χ1n) is 7.61. The summed E-state index contributed by atoms with van der Waals surface area (Å²) in [6, 6.07) is 4.96. The maximum Gasteiger partial charge on any atom is 0.147 e. The number of nitrogens with one attached hydrogen (secondary N) is 1. The van der Waals surface area contributed by atoms with E-state index in [1.165, 1.54) is 30.6 Å². The van der Waals surface area contributed by atoms with E-state index in [1.54, 1.807) is 0 Å². The third-order valence-electron chi connectivity index (χ3n) is 3.75. The van der Waals surface area contributed by atoms with E-state index in [2.05, 4.69) is 68.0 Å². The van der Waals surface area contributed by atoms with E-state index in [1.807, 2.05) is 6.92 Å². The minimum absolute atomic E-state index is 0.652. The summed E-state index contributed by atoms with van der Waals surface area (Å²) in [5, 5.41) is 4.52. The highest BCUT2D eigenvalue weighted by molar-refractivity contribution is 9.11. The van der Waals surface area contributed by atoms with E-state index in [0.29, 0.717) is 12.6 Å². The Balaban J connectivity index is 1.97. The second-order valence-corrected chi connectivity index (χ2v) is 8.46. The molecule has 21 heavy (non-hydrogen) atoms. The number of ether oxygens (including phenoxy) is 1. The van der Waals surface area contributed by atoms with Crippen LogP contribution in [0.15, 0.2) is 21.1 Å². The van der Waals surface area contributed by atoms with Crippen LogP contribution in [0.1, 0.15) is 38.7 Å². The van der Waals surface area contributed by atoms with Gasteiger partial charge in [-0.05, 0) is 75.1 Å². The monoisotopic (exact) mass is 435 g/mol. The van der Waals surface area contributed by atoms with Gasteiger partial charge in [0, 0.05) is 17.8 Å². The summed E-state index contributed by atoms with van der Waals surface area (Å²) >= 11 is 9.30. The second-order valence-electron chi connectivity index (χ2n) is 5.23. The van der Waals surface area contributed by atoms with Crippen LogP contribution in [0, 0.1) is 0 Å². The van der Waals surface area contributed by atoms with Crippen LogP contribution in [0.5, 0.6) is 5.75 Å². The van der Waals surface area contributed by atoms with Crippen molar-refractivity contribution in [3.05, 3.63) is 26.6 Å². The molecule has 2 nitrogen and oxygen atoms in total. The molecule has 0 radical (unpaired) electrons. The molecule has 1 N–H and O–H groups in total. The quantitative estimate of drug-likeness (QED) is 0.620. The van der Waals surface area contributed by atoms with Crippen molar-refractivity contribution in [3.8, 4) is 5.75 Å². The first-order chi connectivity index (χ1) is 10.2. The Hall–Kier alpha value is 0.290. The molecule has 1 aromatic carbocycles. The van der Waals surface area contributed by atoms with Crippen molar-refractivity contribution >= 4 is 43.6 Å². The SMILES string of the molecule is CCOc1c(Br)cc(CNC2CCCC2SCC)cc1Br. The van der Waals surface area contributed by atoms with Gasteiger partial charge in [0.1, 0.15) is 5.75 Å². The fourth-order valence-electron chi connectivity index (χ4n) is 2.82. The van der Waals surface area contributed by atoms with Crippen molar-refractivity contribution in [2.45, 2.75) is 50.9 Å². The molecule has 2 rings (SSSR count). The third-order valence-corrected chi connectivity index (χ3v) is 6.25. The van der Waals surface area contributed by atoms with Gasteiger partial charge in [0.05, 0.1) is 15.6 Å². The van der Waals surface area contributed by atoms with Gasteiger partial charge < -0.3 is 10.1 Å². The van der Waals surface area contributed by atoms with Crippen LogP contribution < -0.4 is 10.1 Å². The minimum atomic E-state index is 0.652. The van der Waals surface area contributed by atoms with Crippen molar-refractivity contribution in [2.75, 3.05) is 12.4 Å². The highest BCUT2D eigenvalue weighted by atomic mass is 79.9. The van der Waals surface area contributed by atoms with Gasteiger partial charge in [-0.25, -0.2) is 0 Å². The van der Waals surface area contributed by atoms with Crippen LogP contribution in [-0.4, -0.2) is 23.7 Å². The molecule has 1 saturated carbocycles. The van der Waals surface area contributed by atoms with Crippen LogP contribution >= 0.6 is 43.6 Å². The Labute approximate surface area is 149 Å². The second kappa shape index (κ2) is 8.80. The Morgan fingerprint density at radius 2 is 1.95 bits per heavy atom. The van der Waals surface area contributed by atoms with Crippen molar-refractivity contribution in [1.29, 1.82) is 0 Å². The summed E-state index contributed by atoms with van der Waals surface area (Å²) in [6.07, 6.45) is 4.01. The summed E-state index contributed by atoms with van der Waals surface area (Å²) < 4.78 is 7.66. The number of benzene rings is 1. The Bertz CT molecular complexity index is 447. The molecular formula is C16H23Br2NOS. The summed E-state index contributed by atoms with van der Waals surface area (Å²) in [5.41, 5.74) is 1.28. The lowest BCUT2D eigenvalue weighted by Gasteiger charge is -2.20. The lowest BCUT2D eigenvalue weighted by Crippen LogP contribution is -2.33. The molecule has 0 saturated heterocycles. The smallest absolute Gasteiger partial charge is 0.147 e. The topological polar surface area (TPSA) is 21.3 Å². The third kappa shape index (κ3) is 4.88. The summed E-state index contributed by atoms with van der Waals surface area (Å²) in [5.74, 6) is 2.10. The normalized spacial score (nSPS) is 21.7. The molecule has 118 valence electrons. The number of hydrogen-bond donors (Lipinski definition) is 1. The Kier molecular flexibility index (Phi) is 7.39. The van der Waals surface area contributed by atoms with Crippen LogP contribution in [0.2, 0.25) is 0 Å². The molecule has 2 unspecified atom stereocenters. The van der Waals surface area contributed by atoms with Crippen molar-refractivity contribution < 1.29 is 4.74 Å². The van der Waals surface area contributed by atoms with Gasteiger partial charge in [-0.3, -0.25) is 0 Å². The maximum atomic E-state index is 5.63. The molecule has 0 aromatic heterocycles. The van der Waals surface area contributed by atoms with Gasteiger partial charge >= 0.3 is 0 Å². The van der Waals surface area contributed by atoms with E-state index in [9.17, 15) is 0 Å². The van der Waals surface area contributed by atoms with Gasteiger partial charge in [0.2, 0.25) is 0 Å². The molecule has 0 heterocycles. The molecule has 1 aliphatic rings. The van der Waals surface area contributed by atoms with Gasteiger partial charge in [-0.15, -0.1) is 0 Å². The molecule has 1 aromatic rings. The molecule has 0 aliphatic heterocycles. The summed E-state index contributed by atoms with van der Waals surface area (Å²) in [7, 11) is 0. The zero-order valence-corrected chi connectivity index (χ0v) is 16.6. The standard InChI is InChI=1S/C16H23Br2NOS/c1-3-20-16-12(17)8-11(9-13(16)18)10-19-14-6-5-7-15(14)21-4-2/h8-9,14-15,19H,3-7,10H2,1-2H3. The molecule has 2 atom stereocenters. The average Bonchev–Trinajstić information content (AvgIpc) is 2.88. The first kappa shape index (κ1) is 17.6. The highest BCUT2D eigenvalue weighted by Crippen LogP contribution is 2.35. The largest absolute Gasteiger partial charge is 0.492 e. The van der Waals surface area contributed by atoms with Crippen LogP contribution in [-0.2, 0) is 6.54 Å². The van der Waals surface area contributed by atoms with Crippen LogP contribution in [0.3, 0.4) is 0 Å². The molecule has 0 bridgehead atoms. The van der Waals surface area contributed by atoms with E-state index < -0.39 is 0 Å². The maximum absolute atomic E-state index is 5.63. The van der Waals surface area contributed by atoms with E-state index in [0.717, 1.165) is 26.5 Å². The van der Waals surface area contributed by atoms with Crippen LogP contribution in [0.4, 0.5) is 0 Å². The number of rotatable bonds is 7. The highest BCUT2D eigenvalue weighted by Gasteiger charge is 2.26. The van der Waals surface area contributed by atoms with Gasteiger partial charge in [-0.2, -0.15) is 11.8 Å². The lowest BCUT2D eigenvalue weighted by atomic mass is 10.2. The fraction of sp³-hybridized carbons (Fsp3) is 0.625. The Morgan fingerprint density at radius 1 is 1.24 bits per heavy atom. The predicted octanol–water partition coefficient (Wildman–Crippen LogP) is 5.37. The van der Waals surface area contributed by atoms with Gasteiger partial charge in [0.25, 0.3) is 0 Å². The Morgan fingerprint density at radius 3 is 2.57 bits per heavy atom. The van der Waals surface area contributed by atoms with Crippen molar-refractivity contribution in [3.63, 3.8) is 0 Å². The van der Waals surface area contributed by atoms with Crippen molar-refractivity contribution in [1.82, 2.24) is 5.32 Å². The molecule has 1 fully saturated rings. The molecule has 0 amide bonds. The zero-order valence-electron chi connectivity index (χ0n) is 12.6. The lowest BCUT2D eigenvalue weighted by molar-refractivity contribution is 0.336. The fourth-order valence-corrected chi connectivity index (χ4v) is 5.56. The van der Waals surface area contributed by atoms with E-state index in [-0.39, 0.29) is 0 Å². The van der Waals surface area contributed by atoms with Gasteiger partial charge in [-0.1, -0.05) is 13.3 Å². The van der Waals surface area contributed by atoms with Gasteiger partial charge in [0.15, 0.2) is 0 Å². The number of thioether (sulfide) groups is 1. The predicted molar refractivity (Wildman–Crippen MR) is 99.4 cm³/mol. The molecular weight excluding hydrogens is 414 g/mol. The summed E-state index contributed by atoms with van der Waals surface area (Å²) in [4.78, 5) is 0. The van der Waals surface area contributed by atoms with E-state index in [4.69, 9.17) is 4.74 Å². The zero-order chi connectivity index (χ0) is 15.2. The first-order valence-corrected chi connectivity index (χ1v) is 10.2. The van der Waals surface area contributed by atoms with Crippen LogP contribution in [0.25, 0.3) is 0 Å². The summed E-state index contributed by atoms with van der Waals surface area (Å²) in [6.45, 7) is 5.84. The number of hydrogen-bond acceptors (Lipinski definition) is 3.